The molecule has 1 aromatic carbocycles. The lowest BCUT2D eigenvalue weighted by Gasteiger charge is -2.13. The normalized spacial score (nSPS) is 10.8. The standard InChI is InChI=1S/C24H29N7O2/c1-31(2)13-12-27-16-22-20(23(25)32)9-10-21(30-22)18-5-7-19(8-6-18)29-24(33)28-15-17-4-3-11-26-14-17/h3-11,14,27H,12-13,15-16H2,1-2H3,(H2,25,32)(H2,28,29,33). The van der Waals surface area contributed by atoms with Crippen LogP contribution in [0.25, 0.3) is 11.3 Å². The lowest BCUT2D eigenvalue weighted by atomic mass is 10.1. The molecule has 0 saturated carbocycles. The summed E-state index contributed by atoms with van der Waals surface area (Å²) in [7, 11) is 4.00. The summed E-state index contributed by atoms with van der Waals surface area (Å²) in [5, 5.41) is 8.89. The van der Waals surface area contributed by atoms with Gasteiger partial charge in [-0.05, 0) is 50.0 Å². The number of anilines is 1. The fourth-order valence-corrected chi connectivity index (χ4v) is 3.12. The molecule has 0 radical (unpaired) electrons. The van der Waals surface area contributed by atoms with Gasteiger partial charge in [-0.1, -0.05) is 18.2 Å². The topological polar surface area (TPSA) is 125 Å². The molecule has 0 spiro atoms. The van der Waals surface area contributed by atoms with Crippen molar-refractivity contribution >= 4 is 17.6 Å². The molecule has 3 amide bonds. The molecule has 0 bridgehead atoms. The highest BCUT2D eigenvalue weighted by Gasteiger charge is 2.12. The molecular formula is C24H29N7O2. The van der Waals surface area contributed by atoms with Crippen molar-refractivity contribution in [2.24, 2.45) is 5.73 Å². The summed E-state index contributed by atoms with van der Waals surface area (Å²) in [4.78, 5) is 34.7. The van der Waals surface area contributed by atoms with Gasteiger partial charge >= 0.3 is 6.03 Å². The van der Waals surface area contributed by atoms with E-state index in [1.54, 1.807) is 36.7 Å². The number of carbonyl (C=O) groups excluding carboxylic acids is 2. The minimum atomic E-state index is -0.504. The number of carbonyl (C=O) groups is 2. The van der Waals surface area contributed by atoms with Gasteiger partial charge in [-0.3, -0.25) is 14.8 Å². The zero-order valence-electron chi connectivity index (χ0n) is 18.8. The molecule has 0 aliphatic carbocycles. The maximum absolute atomic E-state index is 12.1. The summed E-state index contributed by atoms with van der Waals surface area (Å²) >= 11 is 0. The predicted octanol–water partition coefficient (Wildman–Crippen LogP) is 2.22. The Morgan fingerprint density at radius 3 is 2.48 bits per heavy atom. The number of nitrogens with one attached hydrogen (secondary N) is 3. The van der Waals surface area contributed by atoms with Gasteiger partial charge in [0.25, 0.3) is 5.91 Å². The van der Waals surface area contributed by atoms with E-state index in [4.69, 9.17) is 5.73 Å². The molecule has 3 aromatic rings. The second-order valence-corrected chi connectivity index (χ2v) is 7.78. The molecule has 5 N–H and O–H groups in total. The number of pyridine rings is 2. The van der Waals surface area contributed by atoms with Crippen LogP contribution in [-0.2, 0) is 13.1 Å². The highest BCUT2D eigenvalue weighted by Crippen LogP contribution is 2.21. The van der Waals surface area contributed by atoms with Gasteiger partial charge in [-0.25, -0.2) is 4.79 Å². The molecule has 0 saturated heterocycles. The first-order valence-electron chi connectivity index (χ1n) is 10.6. The first-order chi connectivity index (χ1) is 15.9. The van der Waals surface area contributed by atoms with Crippen LogP contribution in [0.15, 0.2) is 60.9 Å². The highest BCUT2D eigenvalue weighted by molar-refractivity contribution is 5.94. The quantitative estimate of drug-likeness (QED) is 0.353. The van der Waals surface area contributed by atoms with E-state index in [2.05, 4.69) is 30.8 Å². The Hall–Kier alpha value is -3.82. The van der Waals surface area contributed by atoms with Crippen molar-refractivity contribution in [2.45, 2.75) is 13.1 Å². The van der Waals surface area contributed by atoms with Crippen LogP contribution in [0.5, 0.6) is 0 Å². The molecular weight excluding hydrogens is 418 g/mol. The van der Waals surface area contributed by atoms with Crippen molar-refractivity contribution in [3.05, 3.63) is 77.7 Å². The Morgan fingerprint density at radius 1 is 1.03 bits per heavy atom. The molecule has 3 rings (SSSR count). The zero-order valence-corrected chi connectivity index (χ0v) is 18.8. The average molecular weight is 448 g/mol. The van der Waals surface area contributed by atoms with Crippen LogP contribution >= 0.6 is 0 Å². The van der Waals surface area contributed by atoms with Crippen molar-refractivity contribution < 1.29 is 9.59 Å². The zero-order chi connectivity index (χ0) is 23.6. The Labute approximate surface area is 193 Å². The highest BCUT2D eigenvalue weighted by atomic mass is 16.2. The van der Waals surface area contributed by atoms with Crippen LogP contribution in [0.3, 0.4) is 0 Å². The first kappa shape index (κ1) is 23.8. The molecule has 2 aromatic heterocycles. The lowest BCUT2D eigenvalue weighted by Crippen LogP contribution is -2.28. The third-order valence-corrected chi connectivity index (χ3v) is 4.88. The second-order valence-electron chi connectivity index (χ2n) is 7.78. The van der Waals surface area contributed by atoms with Crippen molar-refractivity contribution in [2.75, 3.05) is 32.5 Å². The summed E-state index contributed by atoms with van der Waals surface area (Å²) in [6.45, 7) is 2.46. The number of benzene rings is 1. The Morgan fingerprint density at radius 2 is 1.82 bits per heavy atom. The number of hydrogen-bond acceptors (Lipinski definition) is 6. The fraction of sp³-hybridized carbons (Fsp3) is 0.250. The van der Waals surface area contributed by atoms with Crippen LogP contribution in [0.4, 0.5) is 10.5 Å². The Bertz CT molecular complexity index is 1070. The number of rotatable bonds is 10. The number of amides is 3. The number of likely N-dealkylation sites (N-methyl/N-ethyl adjacent to an activating group) is 1. The summed E-state index contributed by atoms with van der Waals surface area (Å²) in [6, 6.07) is 14.2. The van der Waals surface area contributed by atoms with Gasteiger partial charge in [0, 0.05) is 49.8 Å². The van der Waals surface area contributed by atoms with Crippen molar-refractivity contribution in [3.8, 4) is 11.3 Å². The third-order valence-electron chi connectivity index (χ3n) is 4.88. The summed E-state index contributed by atoms with van der Waals surface area (Å²) in [6.07, 6.45) is 3.39. The molecule has 0 aliphatic heterocycles. The summed E-state index contributed by atoms with van der Waals surface area (Å²) < 4.78 is 0. The maximum atomic E-state index is 12.1. The molecule has 2 heterocycles. The molecule has 9 nitrogen and oxygen atoms in total. The number of nitrogens with zero attached hydrogens (tertiary/aromatic N) is 3. The van der Waals surface area contributed by atoms with Crippen LogP contribution in [-0.4, -0.2) is 54.0 Å². The van der Waals surface area contributed by atoms with Crippen molar-refractivity contribution in [3.63, 3.8) is 0 Å². The molecule has 0 fully saturated rings. The van der Waals surface area contributed by atoms with Crippen molar-refractivity contribution in [1.82, 2.24) is 25.5 Å². The third kappa shape index (κ3) is 7.37. The minimum Gasteiger partial charge on any atom is -0.366 e. The van der Waals surface area contributed by atoms with E-state index in [0.717, 1.165) is 29.9 Å². The van der Waals surface area contributed by atoms with Gasteiger partial charge in [0.15, 0.2) is 0 Å². The van der Waals surface area contributed by atoms with E-state index >= 15 is 0 Å². The average Bonchev–Trinajstić information content (AvgIpc) is 2.81. The van der Waals surface area contributed by atoms with Gasteiger partial charge < -0.3 is 26.6 Å². The van der Waals surface area contributed by atoms with E-state index in [0.29, 0.717) is 30.0 Å². The number of urea groups is 1. The predicted molar refractivity (Wildman–Crippen MR) is 129 cm³/mol. The van der Waals surface area contributed by atoms with Gasteiger partial charge in [0.2, 0.25) is 0 Å². The SMILES string of the molecule is CN(C)CCNCc1nc(-c2ccc(NC(=O)NCc3cccnc3)cc2)ccc1C(N)=O. The first-order valence-corrected chi connectivity index (χ1v) is 10.6. The van der Waals surface area contributed by atoms with Crippen LogP contribution in [0, 0.1) is 0 Å². The van der Waals surface area contributed by atoms with Crippen LogP contribution in [0.1, 0.15) is 21.6 Å². The number of hydrogen-bond donors (Lipinski definition) is 4. The van der Waals surface area contributed by atoms with Crippen molar-refractivity contribution in [1.29, 1.82) is 0 Å². The molecule has 0 aliphatic rings. The smallest absolute Gasteiger partial charge is 0.319 e. The molecule has 172 valence electrons. The van der Waals surface area contributed by atoms with Gasteiger partial charge in [-0.2, -0.15) is 0 Å². The fourth-order valence-electron chi connectivity index (χ4n) is 3.12. The van der Waals surface area contributed by atoms with Gasteiger partial charge in [-0.15, -0.1) is 0 Å². The second kappa shape index (κ2) is 11.7. The lowest BCUT2D eigenvalue weighted by molar-refractivity contribution is 0.0998. The molecule has 0 unspecified atom stereocenters. The number of primary amides is 1. The molecule has 33 heavy (non-hydrogen) atoms. The molecule has 0 atom stereocenters. The minimum absolute atomic E-state index is 0.304. The van der Waals surface area contributed by atoms with E-state index < -0.39 is 5.91 Å². The Balaban J connectivity index is 1.63. The number of aromatic nitrogens is 2. The Kier molecular flexibility index (Phi) is 8.45. The largest absolute Gasteiger partial charge is 0.366 e. The number of nitrogens with two attached hydrogens (primary N) is 1. The van der Waals surface area contributed by atoms with E-state index in [1.165, 1.54) is 0 Å². The summed E-state index contributed by atoms with van der Waals surface area (Å²) in [5.41, 5.74) is 9.68. The van der Waals surface area contributed by atoms with Crippen LogP contribution < -0.4 is 21.7 Å². The van der Waals surface area contributed by atoms with Gasteiger partial charge in [0.05, 0.1) is 17.0 Å². The van der Waals surface area contributed by atoms with E-state index in [-0.39, 0.29) is 6.03 Å². The maximum Gasteiger partial charge on any atom is 0.319 e. The van der Waals surface area contributed by atoms with E-state index in [1.807, 2.05) is 38.4 Å². The van der Waals surface area contributed by atoms with Crippen LogP contribution in [0.2, 0.25) is 0 Å². The molecule has 9 heteroatoms. The summed E-state index contributed by atoms with van der Waals surface area (Å²) in [5.74, 6) is -0.504. The monoisotopic (exact) mass is 447 g/mol. The van der Waals surface area contributed by atoms with E-state index in [9.17, 15) is 9.59 Å². The van der Waals surface area contributed by atoms with Gasteiger partial charge in [0.1, 0.15) is 0 Å².